The number of hydrogen-bond donors (Lipinski definition) is 0. The van der Waals surface area contributed by atoms with Crippen LogP contribution in [0.4, 0.5) is 0 Å². The molecular formula is C13H16Cl2O2. The van der Waals surface area contributed by atoms with Crippen LogP contribution in [0.5, 0.6) is 0 Å². The SMILES string of the molecule is CCCC1C(=C(Cl)Cl)CC2C(=O)CCC(=O)C21. The second-order valence-corrected chi connectivity index (χ2v) is 5.90. The molecule has 4 heteroatoms. The Labute approximate surface area is 111 Å². The van der Waals surface area contributed by atoms with E-state index in [1.54, 1.807) is 0 Å². The Hall–Kier alpha value is -0.340. The van der Waals surface area contributed by atoms with Crippen molar-refractivity contribution in [3.63, 3.8) is 0 Å². The third-order valence-corrected chi connectivity index (χ3v) is 4.49. The topological polar surface area (TPSA) is 34.1 Å². The minimum Gasteiger partial charge on any atom is -0.299 e. The number of halogens is 2. The van der Waals surface area contributed by atoms with Crippen molar-refractivity contribution in [1.82, 2.24) is 0 Å². The average Bonchev–Trinajstić information content (AvgIpc) is 2.65. The number of hydrogen-bond acceptors (Lipinski definition) is 2. The van der Waals surface area contributed by atoms with Crippen LogP contribution >= 0.6 is 23.2 Å². The monoisotopic (exact) mass is 274 g/mol. The summed E-state index contributed by atoms with van der Waals surface area (Å²) in [5.41, 5.74) is 0.925. The van der Waals surface area contributed by atoms with Crippen molar-refractivity contribution >= 4 is 34.8 Å². The number of carbonyl (C=O) groups is 2. The molecule has 94 valence electrons. The fourth-order valence-corrected chi connectivity index (χ4v) is 3.69. The maximum Gasteiger partial charge on any atom is 0.137 e. The smallest absolute Gasteiger partial charge is 0.137 e. The van der Waals surface area contributed by atoms with Crippen molar-refractivity contribution in [2.24, 2.45) is 17.8 Å². The number of rotatable bonds is 2. The van der Waals surface area contributed by atoms with E-state index in [9.17, 15) is 9.59 Å². The molecule has 17 heavy (non-hydrogen) atoms. The van der Waals surface area contributed by atoms with Crippen LogP contribution in [0, 0.1) is 17.8 Å². The molecule has 3 atom stereocenters. The second-order valence-electron chi connectivity index (χ2n) is 4.95. The second kappa shape index (κ2) is 5.11. The van der Waals surface area contributed by atoms with Gasteiger partial charge in [-0.1, -0.05) is 36.5 Å². The van der Waals surface area contributed by atoms with Crippen LogP contribution in [-0.2, 0) is 9.59 Å². The lowest BCUT2D eigenvalue weighted by molar-refractivity contribution is -0.137. The molecule has 0 aromatic rings. The molecule has 0 bridgehead atoms. The molecular weight excluding hydrogens is 259 g/mol. The van der Waals surface area contributed by atoms with Gasteiger partial charge >= 0.3 is 0 Å². The summed E-state index contributed by atoms with van der Waals surface area (Å²) in [6, 6.07) is 0. The summed E-state index contributed by atoms with van der Waals surface area (Å²) in [4.78, 5) is 23.9. The zero-order chi connectivity index (χ0) is 12.6. The Morgan fingerprint density at radius 3 is 2.47 bits per heavy atom. The Bertz CT molecular complexity index is 383. The van der Waals surface area contributed by atoms with Gasteiger partial charge in [-0.15, -0.1) is 0 Å². The predicted molar refractivity (Wildman–Crippen MR) is 68.0 cm³/mol. The van der Waals surface area contributed by atoms with Crippen LogP contribution in [0.3, 0.4) is 0 Å². The van der Waals surface area contributed by atoms with Crippen molar-refractivity contribution in [1.29, 1.82) is 0 Å². The molecule has 0 saturated heterocycles. The number of allylic oxidation sites excluding steroid dienone is 1. The van der Waals surface area contributed by atoms with Gasteiger partial charge in [-0.3, -0.25) is 9.59 Å². The highest BCUT2D eigenvalue weighted by Gasteiger charge is 2.49. The van der Waals surface area contributed by atoms with Gasteiger partial charge in [0.05, 0.1) is 0 Å². The molecule has 0 aromatic carbocycles. The summed E-state index contributed by atoms with van der Waals surface area (Å²) in [5, 5.41) is 0. The van der Waals surface area contributed by atoms with E-state index in [-0.39, 0.29) is 33.8 Å². The zero-order valence-electron chi connectivity index (χ0n) is 9.84. The molecule has 2 rings (SSSR count). The largest absolute Gasteiger partial charge is 0.299 e. The van der Waals surface area contributed by atoms with E-state index in [0.29, 0.717) is 19.3 Å². The molecule has 0 aromatic heterocycles. The number of carbonyl (C=O) groups excluding carboxylic acids is 2. The first kappa shape index (κ1) is 13.1. The van der Waals surface area contributed by atoms with Crippen LogP contribution in [0.25, 0.3) is 0 Å². The quantitative estimate of drug-likeness (QED) is 0.770. The highest BCUT2D eigenvalue weighted by molar-refractivity contribution is 6.56. The van der Waals surface area contributed by atoms with Gasteiger partial charge < -0.3 is 0 Å². The Morgan fingerprint density at radius 2 is 1.88 bits per heavy atom. The first-order valence-corrected chi connectivity index (χ1v) is 6.91. The predicted octanol–water partition coefficient (Wildman–Crippen LogP) is 3.66. The summed E-state index contributed by atoms with van der Waals surface area (Å²) < 4.78 is 0.262. The lowest BCUT2D eigenvalue weighted by Crippen LogP contribution is -2.34. The first-order valence-electron chi connectivity index (χ1n) is 6.15. The molecule has 2 nitrogen and oxygen atoms in total. The maximum atomic E-state index is 12.0. The van der Waals surface area contributed by atoms with Gasteiger partial charge in [0.15, 0.2) is 0 Å². The highest BCUT2D eigenvalue weighted by atomic mass is 35.5. The van der Waals surface area contributed by atoms with Gasteiger partial charge in [-0.05, 0) is 24.3 Å². The fourth-order valence-electron chi connectivity index (χ4n) is 3.26. The van der Waals surface area contributed by atoms with E-state index in [4.69, 9.17) is 23.2 Å². The fraction of sp³-hybridized carbons (Fsp3) is 0.692. The van der Waals surface area contributed by atoms with Gasteiger partial charge in [0.1, 0.15) is 16.1 Å². The minimum absolute atomic E-state index is 0.0896. The number of ketones is 2. The number of Topliss-reactive ketones (excluding diaryl/α,β-unsaturated/α-hetero) is 2. The summed E-state index contributed by atoms with van der Waals surface area (Å²) >= 11 is 11.8. The molecule has 2 fully saturated rings. The molecule has 0 amide bonds. The van der Waals surface area contributed by atoms with Gasteiger partial charge in [-0.2, -0.15) is 0 Å². The first-order chi connectivity index (χ1) is 8.06. The number of fused-ring (bicyclic) bond motifs is 1. The van der Waals surface area contributed by atoms with Crippen molar-refractivity contribution in [2.75, 3.05) is 0 Å². The summed E-state index contributed by atoms with van der Waals surface area (Å²) in [6.07, 6.45) is 3.24. The summed E-state index contributed by atoms with van der Waals surface area (Å²) in [6.45, 7) is 2.07. The van der Waals surface area contributed by atoms with Gasteiger partial charge in [0, 0.05) is 24.7 Å². The normalized spacial score (nSPS) is 32.9. The Morgan fingerprint density at radius 1 is 1.24 bits per heavy atom. The summed E-state index contributed by atoms with van der Waals surface area (Å²) in [7, 11) is 0. The Balaban J connectivity index is 2.35. The molecule has 0 radical (unpaired) electrons. The van der Waals surface area contributed by atoms with Crippen LogP contribution in [-0.4, -0.2) is 11.6 Å². The van der Waals surface area contributed by atoms with E-state index >= 15 is 0 Å². The van der Waals surface area contributed by atoms with E-state index in [1.807, 2.05) is 0 Å². The van der Waals surface area contributed by atoms with Gasteiger partial charge in [0.25, 0.3) is 0 Å². The van der Waals surface area contributed by atoms with Crippen molar-refractivity contribution < 1.29 is 9.59 Å². The minimum atomic E-state index is -0.157. The van der Waals surface area contributed by atoms with Crippen molar-refractivity contribution in [2.45, 2.75) is 39.0 Å². The van der Waals surface area contributed by atoms with Crippen molar-refractivity contribution in [3.8, 4) is 0 Å². The average molecular weight is 275 g/mol. The van der Waals surface area contributed by atoms with Crippen LogP contribution in [0.1, 0.15) is 39.0 Å². The lowest BCUT2D eigenvalue weighted by atomic mass is 9.75. The molecule has 0 heterocycles. The molecule has 0 aliphatic heterocycles. The standard InChI is InChI=1S/C13H16Cl2O2/c1-2-3-7-8(13(14)15)6-9-10(16)4-5-11(17)12(7)9/h7,9,12H,2-6H2,1H3. The highest BCUT2D eigenvalue weighted by Crippen LogP contribution is 2.49. The molecule has 2 saturated carbocycles. The van der Waals surface area contributed by atoms with Gasteiger partial charge in [-0.25, -0.2) is 0 Å². The molecule has 2 aliphatic rings. The van der Waals surface area contributed by atoms with E-state index in [0.717, 1.165) is 18.4 Å². The molecule has 0 spiro atoms. The van der Waals surface area contributed by atoms with Crippen molar-refractivity contribution in [3.05, 3.63) is 10.1 Å². The van der Waals surface area contributed by atoms with Crippen LogP contribution in [0.2, 0.25) is 0 Å². The Kier molecular flexibility index (Phi) is 3.94. The zero-order valence-corrected chi connectivity index (χ0v) is 11.4. The molecule has 3 unspecified atom stereocenters. The van der Waals surface area contributed by atoms with Gasteiger partial charge in [0.2, 0.25) is 0 Å². The van der Waals surface area contributed by atoms with E-state index in [1.165, 1.54) is 0 Å². The summed E-state index contributed by atoms with van der Waals surface area (Å²) in [5.74, 6) is 0.207. The van der Waals surface area contributed by atoms with Crippen LogP contribution < -0.4 is 0 Å². The van der Waals surface area contributed by atoms with E-state index in [2.05, 4.69) is 6.92 Å². The van der Waals surface area contributed by atoms with Crippen LogP contribution in [0.15, 0.2) is 10.1 Å². The maximum absolute atomic E-state index is 12.0. The molecule has 0 N–H and O–H groups in total. The third-order valence-electron chi connectivity index (χ3n) is 4.00. The van der Waals surface area contributed by atoms with E-state index < -0.39 is 0 Å². The lowest BCUT2D eigenvalue weighted by Gasteiger charge is -2.26. The third kappa shape index (κ3) is 2.30. The molecule has 2 aliphatic carbocycles.